The van der Waals surface area contributed by atoms with E-state index in [1.807, 2.05) is 5.98 Å². The number of nitrogens with one attached hydrogen (secondary N) is 2. The molecule has 2 N–H and O–H groups in total. The van der Waals surface area contributed by atoms with Crippen molar-refractivity contribution in [3.63, 3.8) is 0 Å². The SMILES string of the molecule is C=CB1Nc2cccc3cccc(c23)N1. The minimum absolute atomic E-state index is 0.116. The van der Waals surface area contributed by atoms with E-state index in [-0.39, 0.29) is 6.98 Å². The van der Waals surface area contributed by atoms with Gasteiger partial charge >= 0.3 is 6.98 Å². The van der Waals surface area contributed by atoms with E-state index >= 15 is 0 Å². The van der Waals surface area contributed by atoms with E-state index in [1.165, 1.54) is 22.1 Å². The van der Waals surface area contributed by atoms with E-state index in [4.69, 9.17) is 0 Å². The van der Waals surface area contributed by atoms with Crippen LogP contribution in [0.1, 0.15) is 0 Å². The van der Waals surface area contributed by atoms with Gasteiger partial charge in [0, 0.05) is 16.8 Å². The van der Waals surface area contributed by atoms with Crippen LogP contribution in [0.15, 0.2) is 49.0 Å². The fourth-order valence-electron chi connectivity index (χ4n) is 2.07. The second-order valence-electron chi connectivity index (χ2n) is 3.71. The molecule has 0 bridgehead atoms. The van der Waals surface area contributed by atoms with E-state index in [9.17, 15) is 0 Å². The number of hydrogen-bond donors (Lipinski definition) is 2. The third-order valence-electron chi connectivity index (χ3n) is 2.76. The Labute approximate surface area is 89.1 Å². The number of rotatable bonds is 1. The van der Waals surface area contributed by atoms with Gasteiger partial charge in [0.25, 0.3) is 0 Å². The molecule has 0 radical (unpaired) electrons. The van der Waals surface area contributed by atoms with Crippen LogP contribution in [0, 0.1) is 0 Å². The molecule has 72 valence electrons. The van der Waals surface area contributed by atoms with Gasteiger partial charge in [0.1, 0.15) is 0 Å². The lowest BCUT2D eigenvalue weighted by molar-refractivity contribution is 1.61. The van der Waals surface area contributed by atoms with Gasteiger partial charge in [-0.3, -0.25) is 0 Å². The van der Waals surface area contributed by atoms with Gasteiger partial charge in [0.15, 0.2) is 0 Å². The van der Waals surface area contributed by atoms with Crippen LogP contribution in [-0.2, 0) is 0 Å². The molecule has 1 heterocycles. The summed E-state index contributed by atoms with van der Waals surface area (Å²) in [5.41, 5.74) is 2.35. The molecule has 1 aliphatic heterocycles. The maximum atomic E-state index is 3.80. The largest absolute Gasteiger partial charge is 0.405 e. The normalized spacial score (nSPS) is 13.2. The molecule has 0 fully saturated rings. The Morgan fingerprint density at radius 3 is 2.13 bits per heavy atom. The first-order valence-electron chi connectivity index (χ1n) is 5.06. The Morgan fingerprint density at radius 2 is 1.60 bits per heavy atom. The molecule has 0 unspecified atom stereocenters. The minimum Gasteiger partial charge on any atom is -0.405 e. The number of anilines is 2. The Bertz CT molecular complexity index is 495. The molecule has 0 spiro atoms. The third-order valence-corrected chi connectivity index (χ3v) is 2.76. The van der Waals surface area contributed by atoms with Crippen LogP contribution in [0.25, 0.3) is 10.8 Å². The lowest BCUT2D eigenvalue weighted by Gasteiger charge is -2.24. The molecule has 3 heteroatoms. The molecule has 0 aliphatic carbocycles. The van der Waals surface area contributed by atoms with Crippen LogP contribution in [0.5, 0.6) is 0 Å². The molecule has 3 rings (SSSR count). The molecular weight excluding hydrogens is 183 g/mol. The molecular formula is C12H11BN2. The summed E-state index contributed by atoms with van der Waals surface area (Å²) >= 11 is 0. The van der Waals surface area contributed by atoms with Crippen LogP contribution in [0.2, 0.25) is 0 Å². The highest BCUT2D eigenvalue weighted by Gasteiger charge is 2.19. The van der Waals surface area contributed by atoms with Crippen LogP contribution in [0.3, 0.4) is 0 Å². The van der Waals surface area contributed by atoms with Gasteiger partial charge in [0.2, 0.25) is 0 Å². The van der Waals surface area contributed by atoms with Crippen molar-refractivity contribution in [3.8, 4) is 0 Å². The highest BCUT2D eigenvalue weighted by Crippen LogP contribution is 2.33. The molecule has 2 aromatic rings. The lowest BCUT2D eigenvalue weighted by Crippen LogP contribution is -2.35. The monoisotopic (exact) mass is 194 g/mol. The Hall–Kier alpha value is -1.90. The van der Waals surface area contributed by atoms with Crippen molar-refractivity contribution in [2.24, 2.45) is 0 Å². The van der Waals surface area contributed by atoms with Crippen LogP contribution < -0.4 is 10.5 Å². The van der Waals surface area contributed by atoms with Gasteiger partial charge in [-0.1, -0.05) is 30.2 Å². The Kier molecular flexibility index (Phi) is 1.71. The summed E-state index contributed by atoms with van der Waals surface area (Å²) in [6.45, 7) is 3.91. The first-order valence-corrected chi connectivity index (χ1v) is 5.06. The Morgan fingerprint density at radius 1 is 1.00 bits per heavy atom. The van der Waals surface area contributed by atoms with Crippen LogP contribution in [-0.4, -0.2) is 6.98 Å². The fraction of sp³-hybridized carbons (Fsp3) is 0. The zero-order valence-electron chi connectivity index (χ0n) is 8.33. The first kappa shape index (κ1) is 8.42. The molecule has 2 aromatic carbocycles. The smallest absolute Gasteiger partial charge is 0.397 e. The predicted molar refractivity (Wildman–Crippen MR) is 67.1 cm³/mol. The van der Waals surface area contributed by atoms with Gasteiger partial charge in [-0.05, 0) is 17.5 Å². The van der Waals surface area contributed by atoms with Crippen LogP contribution in [0.4, 0.5) is 11.4 Å². The van der Waals surface area contributed by atoms with Crippen molar-refractivity contribution in [2.45, 2.75) is 0 Å². The zero-order valence-corrected chi connectivity index (χ0v) is 8.33. The average molecular weight is 194 g/mol. The van der Waals surface area contributed by atoms with Gasteiger partial charge in [0.05, 0.1) is 0 Å². The predicted octanol–water partition coefficient (Wildman–Crippen LogP) is 2.89. The molecule has 2 nitrogen and oxygen atoms in total. The molecule has 0 amide bonds. The second-order valence-corrected chi connectivity index (χ2v) is 3.71. The molecule has 1 aliphatic rings. The van der Waals surface area contributed by atoms with E-state index < -0.39 is 0 Å². The average Bonchev–Trinajstić information content (AvgIpc) is 2.29. The molecule has 0 saturated carbocycles. The topological polar surface area (TPSA) is 24.1 Å². The summed E-state index contributed by atoms with van der Waals surface area (Å²) in [6, 6.07) is 12.6. The van der Waals surface area contributed by atoms with Gasteiger partial charge in [-0.15, -0.1) is 6.58 Å². The molecule has 0 saturated heterocycles. The molecule has 0 aromatic heterocycles. The van der Waals surface area contributed by atoms with E-state index in [1.54, 1.807) is 0 Å². The highest BCUT2D eigenvalue weighted by molar-refractivity contribution is 6.72. The Balaban J connectivity index is 2.31. The van der Waals surface area contributed by atoms with E-state index in [2.05, 4.69) is 53.4 Å². The van der Waals surface area contributed by atoms with E-state index in [0.29, 0.717) is 0 Å². The molecule has 15 heavy (non-hydrogen) atoms. The van der Waals surface area contributed by atoms with Crippen molar-refractivity contribution in [1.29, 1.82) is 0 Å². The van der Waals surface area contributed by atoms with Crippen molar-refractivity contribution in [2.75, 3.05) is 10.5 Å². The van der Waals surface area contributed by atoms with Crippen molar-refractivity contribution < 1.29 is 0 Å². The first-order chi connectivity index (χ1) is 7.38. The zero-order chi connectivity index (χ0) is 10.3. The van der Waals surface area contributed by atoms with Crippen LogP contribution >= 0.6 is 0 Å². The maximum absolute atomic E-state index is 3.80. The molecule has 0 atom stereocenters. The van der Waals surface area contributed by atoms with Crippen molar-refractivity contribution in [3.05, 3.63) is 49.0 Å². The minimum atomic E-state index is 0.116. The highest BCUT2D eigenvalue weighted by atomic mass is 15.0. The number of benzene rings is 2. The second kappa shape index (κ2) is 3.06. The summed E-state index contributed by atoms with van der Waals surface area (Å²) < 4.78 is 0. The maximum Gasteiger partial charge on any atom is 0.397 e. The van der Waals surface area contributed by atoms with E-state index in [0.717, 1.165) is 0 Å². The summed E-state index contributed by atoms with van der Waals surface area (Å²) in [7, 11) is 0. The summed E-state index contributed by atoms with van der Waals surface area (Å²) in [5, 5.41) is 9.28. The summed E-state index contributed by atoms with van der Waals surface area (Å²) in [4.78, 5) is 0. The third kappa shape index (κ3) is 1.20. The summed E-state index contributed by atoms with van der Waals surface area (Å²) in [5.74, 6) is 1.87. The van der Waals surface area contributed by atoms with Gasteiger partial charge in [-0.2, -0.15) is 0 Å². The van der Waals surface area contributed by atoms with Gasteiger partial charge in [-0.25, -0.2) is 0 Å². The van der Waals surface area contributed by atoms with Crippen molar-refractivity contribution in [1.82, 2.24) is 0 Å². The van der Waals surface area contributed by atoms with Crippen molar-refractivity contribution >= 4 is 29.1 Å². The standard InChI is InChI=1S/C12H11BN2/c1-2-13-14-10-7-3-5-9-6-4-8-11(15-13)12(9)10/h2-8,14-15H,1H2. The van der Waals surface area contributed by atoms with Gasteiger partial charge < -0.3 is 10.5 Å². The fourth-order valence-corrected chi connectivity index (χ4v) is 2.07. The lowest BCUT2D eigenvalue weighted by atomic mass is 9.74. The quantitative estimate of drug-likeness (QED) is 0.682. The summed E-state index contributed by atoms with van der Waals surface area (Å²) in [6.07, 6.45) is 0. The number of hydrogen-bond acceptors (Lipinski definition) is 2.